The highest BCUT2D eigenvalue weighted by Gasteiger charge is 2.35. The smallest absolute Gasteiger partial charge is 0.435 e. The second-order valence-electron chi connectivity index (χ2n) is 4.22. The van der Waals surface area contributed by atoms with Crippen molar-refractivity contribution in [3.63, 3.8) is 0 Å². The van der Waals surface area contributed by atoms with Crippen LogP contribution >= 0.6 is 0 Å². The molecule has 0 atom stereocenters. The van der Waals surface area contributed by atoms with E-state index in [1.165, 1.54) is 19.2 Å². The molecule has 0 spiro atoms. The maximum absolute atomic E-state index is 12.5. The van der Waals surface area contributed by atoms with Gasteiger partial charge in [-0.1, -0.05) is 12.1 Å². The van der Waals surface area contributed by atoms with Crippen molar-refractivity contribution in [3.8, 4) is 11.6 Å². The Hall–Kier alpha value is -2.51. The van der Waals surface area contributed by atoms with Gasteiger partial charge in [-0.3, -0.25) is 4.79 Å². The van der Waals surface area contributed by atoms with Gasteiger partial charge in [0.2, 0.25) is 5.88 Å². The summed E-state index contributed by atoms with van der Waals surface area (Å²) < 4.78 is 42.8. The minimum atomic E-state index is -4.63. The lowest BCUT2D eigenvalue weighted by Gasteiger charge is -2.05. The van der Waals surface area contributed by atoms with E-state index in [1.807, 2.05) is 0 Å². The fourth-order valence-corrected chi connectivity index (χ4v) is 1.69. The van der Waals surface area contributed by atoms with Crippen LogP contribution in [0, 0.1) is 0 Å². The Kier molecular flexibility index (Phi) is 3.88. The molecule has 0 amide bonds. The van der Waals surface area contributed by atoms with E-state index in [2.05, 4.69) is 9.84 Å². The number of aromatic nitrogens is 2. The molecule has 0 bridgehead atoms. The predicted octanol–water partition coefficient (Wildman–Crippen LogP) is 2.31. The number of nitrogens with zero attached hydrogens (tertiary/aromatic N) is 2. The summed E-state index contributed by atoms with van der Waals surface area (Å²) in [7, 11) is 1.26. The van der Waals surface area contributed by atoms with Gasteiger partial charge in [-0.05, 0) is 17.7 Å². The van der Waals surface area contributed by atoms with Crippen molar-refractivity contribution in [2.24, 2.45) is 0 Å². The van der Waals surface area contributed by atoms with Crippen molar-refractivity contribution >= 4 is 5.97 Å². The number of ether oxygens (including phenoxy) is 1. The van der Waals surface area contributed by atoms with Gasteiger partial charge in [-0.25, -0.2) is 4.68 Å². The van der Waals surface area contributed by atoms with E-state index in [0.717, 1.165) is 4.68 Å². The minimum absolute atomic E-state index is 0.0513. The summed E-state index contributed by atoms with van der Waals surface area (Å²) in [6, 6.07) is 6.53. The normalized spacial score (nSPS) is 11.4. The van der Waals surface area contributed by atoms with Crippen LogP contribution < -0.4 is 0 Å². The molecule has 1 aromatic carbocycles. The van der Waals surface area contributed by atoms with E-state index < -0.39 is 23.7 Å². The lowest BCUT2D eigenvalue weighted by Crippen LogP contribution is -2.07. The van der Waals surface area contributed by atoms with Crippen LogP contribution in [0.25, 0.3) is 5.69 Å². The summed E-state index contributed by atoms with van der Waals surface area (Å²) in [5.74, 6) is -1.05. The second kappa shape index (κ2) is 5.47. The van der Waals surface area contributed by atoms with Crippen LogP contribution in [0.5, 0.6) is 5.88 Å². The van der Waals surface area contributed by atoms with Gasteiger partial charge in [0, 0.05) is 6.07 Å². The average Bonchev–Trinajstić information content (AvgIpc) is 2.81. The number of rotatable bonds is 3. The highest BCUT2D eigenvalue weighted by atomic mass is 19.4. The first kappa shape index (κ1) is 14.9. The third kappa shape index (κ3) is 3.33. The Morgan fingerprint density at radius 1 is 1.33 bits per heavy atom. The number of aromatic hydroxyl groups is 1. The van der Waals surface area contributed by atoms with Gasteiger partial charge in [-0.15, -0.1) is 0 Å². The number of benzene rings is 1. The minimum Gasteiger partial charge on any atom is -0.493 e. The summed E-state index contributed by atoms with van der Waals surface area (Å²) >= 11 is 0. The molecule has 1 heterocycles. The molecule has 0 saturated carbocycles. The fourth-order valence-electron chi connectivity index (χ4n) is 1.69. The number of hydrogen-bond acceptors (Lipinski definition) is 4. The van der Waals surface area contributed by atoms with E-state index in [-0.39, 0.29) is 12.1 Å². The SMILES string of the molecule is COC(=O)Cc1ccc(-n2nc(C(F)(F)F)cc2O)cc1. The van der Waals surface area contributed by atoms with Gasteiger partial charge >= 0.3 is 12.1 Å². The largest absolute Gasteiger partial charge is 0.493 e. The van der Waals surface area contributed by atoms with Crippen molar-refractivity contribution in [3.05, 3.63) is 41.6 Å². The average molecular weight is 300 g/mol. The summed E-state index contributed by atoms with van der Waals surface area (Å²) in [6.45, 7) is 0. The Balaban J connectivity index is 2.27. The first-order valence-electron chi connectivity index (χ1n) is 5.83. The number of hydrogen-bond donors (Lipinski definition) is 1. The Morgan fingerprint density at radius 3 is 2.43 bits per heavy atom. The lowest BCUT2D eigenvalue weighted by atomic mass is 10.1. The van der Waals surface area contributed by atoms with Crippen LogP contribution in [0.4, 0.5) is 13.2 Å². The number of halogens is 3. The summed E-state index contributed by atoms with van der Waals surface area (Å²) in [5, 5.41) is 12.8. The Labute approximate surface area is 117 Å². The highest BCUT2D eigenvalue weighted by molar-refractivity contribution is 5.72. The molecule has 112 valence electrons. The summed E-state index contributed by atoms with van der Waals surface area (Å²) in [6.07, 6.45) is -4.58. The molecule has 2 rings (SSSR count). The number of methoxy groups -OCH3 is 1. The van der Waals surface area contributed by atoms with Gasteiger partial charge in [0.25, 0.3) is 0 Å². The lowest BCUT2D eigenvalue weighted by molar-refractivity contribution is -0.141. The van der Waals surface area contributed by atoms with Crippen LogP contribution in [0.15, 0.2) is 30.3 Å². The maximum atomic E-state index is 12.5. The van der Waals surface area contributed by atoms with Crippen molar-refractivity contribution in [1.82, 2.24) is 9.78 Å². The summed E-state index contributed by atoms with van der Waals surface area (Å²) in [4.78, 5) is 11.1. The van der Waals surface area contributed by atoms with Crippen LogP contribution in [0.2, 0.25) is 0 Å². The number of carbonyl (C=O) groups is 1. The Morgan fingerprint density at radius 2 is 1.95 bits per heavy atom. The van der Waals surface area contributed by atoms with Gasteiger partial charge < -0.3 is 9.84 Å². The van der Waals surface area contributed by atoms with Crippen molar-refractivity contribution in [1.29, 1.82) is 0 Å². The topological polar surface area (TPSA) is 64.4 Å². The third-order valence-electron chi connectivity index (χ3n) is 2.74. The first-order chi connectivity index (χ1) is 9.81. The first-order valence-corrected chi connectivity index (χ1v) is 5.83. The molecule has 0 radical (unpaired) electrons. The number of alkyl halides is 3. The molecule has 21 heavy (non-hydrogen) atoms. The van der Waals surface area contributed by atoms with Crippen molar-refractivity contribution in [2.75, 3.05) is 7.11 Å². The van der Waals surface area contributed by atoms with E-state index >= 15 is 0 Å². The number of esters is 1. The van der Waals surface area contributed by atoms with E-state index in [1.54, 1.807) is 12.1 Å². The quantitative estimate of drug-likeness (QED) is 0.884. The zero-order valence-corrected chi connectivity index (χ0v) is 10.9. The fraction of sp³-hybridized carbons (Fsp3) is 0.231. The van der Waals surface area contributed by atoms with Crippen molar-refractivity contribution < 1.29 is 27.8 Å². The molecular formula is C13H11F3N2O3. The van der Waals surface area contributed by atoms with E-state index in [9.17, 15) is 23.1 Å². The standard InChI is InChI=1S/C13H11F3N2O3/c1-21-12(20)6-8-2-4-9(5-3-8)18-11(19)7-10(17-18)13(14,15)16/h2-5,7,19H,6H2,1H3. The molecule has 5 nitrogen and oxygen atoms in total. The zero-order valence-electron chi connectivity index (χ0n) is 10.9. The summed E-state index contributed by atoms with van der Waals surface area (Å²) in [5.41, 5.74) is -0.302. The van der Waals surface area contributed by atoms with Crippen LogP contribution in [0.1, 0.15) is 11.3 Å². The van der Waals surface area contributed by atoms with Crippen molar-refractivity contribution in [2.45, 2.75) is 12.6 Å². The molecule has 1 N–H and O–H groups in total. The molecule has 0 aliphatic heterocycles. The second-order valence-corrected chi connectivity index (χ2v) is 4.22. The van der Waals surface area contributed by atoms with Crippen LogP contribution in [0.3, 0.4) is 0 Å². The van der Waals surface area contributed by atoms with E-state index in [0.29, 0.717) is 11.6 Å². The van der Waals surface area contributed by atoms with Gasteiger partial charge in [0.1, 0.15) is 0 Å². The molecule has 0 aliphatic rings. The predicted molar refractivity (Wildman–Crippen MR) is 66.0 cm³/mol. The molecule has 0 unspecified atom stereocenters. The molecule has 2 aromatic rings. The molecule has 0 aliphatic carbocycles. The van der Waals surface area contributed by atoms with Gasteiger partial charge in [-0.2, -0.15) is 18.3 Å². The van der Waals surface area contributed by atoms with E-state index in [4.69, 9.17) is 0 Å². The molecule has 0 saturated heterocycles. The Bertz CT molecular complexity index is 648. The van der Waals surface area contributed by atoms with Gasteiger partial charge in [0.15, 0.2) is 5.69 Å². The molecular weight excluding hydrogens is 289 g/mol. The monoisotopic (exact) mass is 300 g/mol. The molecule has 1 aromatic heterocycles. The maximum Gasteiger partial charge on any atom is 0.435 e. The molecule has 0 fully saturated rings. The van der Waals surface area contributed by atoms with Gasteiger partial charge in [0.05, 0.1) is 19.2 Å². The zero-order chi connectivity index (χ0) is 15.6. The van der Waals surface area contributed by atoms with Crippen LogP contribution in [-0.2, 0) is 22.1 Å². The van der Waals surface area contributed by atoms with Crippen LogP contribution in [-0.4, -0.2) is 28.0 Å². The number of carbonyl (C=O) groups excluding carboxylic acids is 1. The molecule has 8 heteroatoms. The highest BCUT2D eigenvalue weighted by Crippen LogP contribution is 2.31. The third-order valence-corrected chi connectivity index (χ3v) is 2.74.